The van der Waals surface area contributed by atoms with Gasteiger partial charge in [-0.2, -0.15) is 0 Å². The molecular formula is C24H17Cl2FN2O2. The number of rotatable bonds is 5. The fourth-order valence-electron chi connectivity index (χ4n) is 3.63. The van der Waals surface area contributed by atoms with Gasteiger partial charge < -0.3 is 4.90 Å². The van der Waals surface area contributed by atoms with E-state index in [0.717, 1.165) is 10.6 Å². The zero-order chi connectivity index (χ0) is 22.1. The number of likely N-dealkylation sites (N-methyl/N-ethyl adjacent to an activating group) is 1. The molecule has 1 aliphatic rings. The molecule has 0 bridgehead atoms. The van der Waals surface area contributed by atoms with Gasteiger partial charge in [0.1, 0.15) is 11.5 Å². The molecule has 0 aromatic heterocycles. The molecule has 0 spiro atoms. The Kier molecular flexibility index (Phi) is 5.81. The molecule has 7 heteroatoms. The summed E-state index contributed by atoms with van der Waals surface area (Å²) in [7, 11) is 0. The first kappa shape index (κ1) is 21.1. The molecule has 2 amide bonds. The van der Waals surface area contributed by atoms with Gasteiger partial charge in [-0.3, -0.25) is 9.59 Å². The van der Waals surface area contributed by atoms with Crippen LogP contribution < -0.4 is 9.80 Å². The molecule has 0 aliphatic carbocycles. The summed E-state index contributed by atoms with van der Waals surface area (Å²) in [4.78, 5) is 29.7. The van der Waals surface area contributed by atoms with E-state index in [0.29, 0.717) is 17.1 Å². The number of imide groups is 1. The molecular weight excluding hydrogens is 438 g/mol. The number of nitrogens with zero attached hydrogens (tertiary/aromatic N) is 2. The first-order valence-electron chi connectivity index (χ1n) is 9.59. The predicted octanol–water partition coefficient (Wildman–Crippen LogP) is 5.94. The van der Waals surface area contributed by atoms with Crippen molar-refractivity contribution in [1.29, 1.82) is 0 Å². The van der Waals surface area contributed by atoms with E-state index in [9.17, 15) is 14.0 Å². The third-order valence-corrected chi connectivity index (χ3v) is 5.56. The lowest BCUT2D eigenvalue weighted by Gasteiger charge is -2.25. The highest BCUT2D eigenvalue weighted by Crippen LogP contribution is 2.40. The predicted molar refractivity (Wildman–Crippen MR) is 122 cm³/mol. The number of para-hydroxylation sites is 2. The minimum absolute atomic E-state index is 0.0978. The van der Waals surface area contributed by atoms with Gasteiger partial charge in [-0.05, 0) is 43.3 Å². The van der Waals surface area contributed by atoms with Gasteiger partial charge in [-0.25, -0.2) is 9.29 Å². The van der Waals surface area contributed by atoms with E-state index >= 15 is 0 Å². The van der Waals surface area contributed by atoms with Crippen LogP contribution in [0.4, 0.5) is 15.8 Å². The van der Waals surface area contributed by atoms with E-state index in [2.05, 4.69) is 0 Å². The summed E-state index contributed by atoms with van der Waals surface area (Å²) in [5, 5.41) is 0.620. The third kappa shape index (κ3) is 3.71. The van der Waals surface area contributed by atoms with E-state index < -0.39 is 17.6 Å². The maximum absolute atomic E-state index is 14.6. The van der Waals surface area contributed by atoms with Crippen molar-refractivity contribution in [2.75, 3.05) is 16.3 Å². The molecule has 1 aliphatic heterocycles. The number of carbonyl (C=O) groups is 2. The Hall–Kier alpha value is -3.15. The summed E-state index contributed by atoms with van der Waals surface area (Å²) in [6.45, 7) is 2.27. The Balaban J connectivity index is 1.96. The monoisotopic (exact) mass is 454 g/mol. The van der Waals surface area contributed by atoms with Gasteiger partial charge in [0.25, 0.3) is 11.8 Å². The molecule has 156 valence electrons. The lowest BCUT2D eigenvalue weighted by molar-refractivity contribution is -0.120. The highest BCUT2D eigenvalue weighted by molar-refractivity contribution is 6.48. The van der Waals surface area contributed by atoms with Crippen LogP contribution in [0.3, 0.4) is 0 Å². The molecule has 31 heavy (non-hydrogen) atoms. The maximum Gasteiger partial charge on any atom is 0.282 e. The van der Waals surface area contributed by atoms with Crippen LogP contribution in [0, 0.1) is 5.82 Å². The Morgan fingerprint density at radius 2 is 1.58 bits per heavy atom. The van der Waals surface area contributed by atoms with Crippen molar-refractivity contribution in [3.05, 3.63) is 99.9 Å². The largest absolute Gasteiger partial charge is 0.337 e. The van der Waals surface area contributed by atoms with Crippen molar-refractivity contribution < 1.29 is 14.0 Å². The van der Waals surface area contributed by atoms with Crippen molar-refractivity contribution in [2.45, 2.75) is 6.92 Å². The molecule has 0 unspecified atom stereocenters. The van der Waals surface area contributed by atoms with Crippen molar-refractivity contribution in [2.24, 2.45) is 0 Å². The van der Waals surface area contributed by atoms with E-state index in [-0.39, 0.29) is 22.0 Å². The van der Waals surface area contributed by atoms with Crippen molar-refractivity contribution in [1.82, 2.24) is 0 Å². The van der Waals surface area contributed by atoms with Crippen molar-refractivity contribution >= 4 is 52.0 Å². The lowest BCUT2D eigenvalue weighted by Crippen LogP contribution is -2.35. The molecule has 0 radical (unpaired) electrons. The van der Waals surface area contributed by atoms with E-state index in [1.54, 1.807) is 23.1 Å². The summed E-state index contributed by atoms with van der Waals surface area (Å²) in [6.07, 6.45) is 0. The number of amides is 2. The number of halogens is 3. The average Bonchev–Trinajstić information content (AvgIpc) is 3.00. The third-order valence-electron chi connectivity index (χ3n) is 5.01. The summed E-state index contributed by atoms with van der Waals surface area (Å²) in [5.41, 5.74) is 1.19. The number of benzene rings is 3. The standard InChI is InChI=1S/C24H17Cl2FN2O2/c1-2-28(16-8-4-3-5-9-16)22-21(17-13-12-15(25)14-18(17)26)23(30)29(24(22)31)20-11-7-6-10-19(20)27/h3-14H,2H2,1H3. The molecule has 0 atom stereocenters. The first-order chi connectivity index (χ1) is 14.9. The van der Waals surface area contributed by atoms with E-state index in [4.69, 9.17) is 23.2 Å². The zero-order valence-corrected chi connectivity index (χ0v) is 18.0. The first-order valence-corrected chi connectivity index (χ1v) is 10.3. The minimum Gasteiger partial charge on any atom is -0.337 e. The van der Waals surface area contributed by atoms with Gasteiger partial charge in [-0.15, -0.1) is 0 Å². The topological polar surface area (TPSA) is 40.6 Å². The smallest absolute Gasteiger partial charge is 0.282 e. The minimum atomic E-state index is -0.672. The Morgan fingerprint density at radius 3 is 2.23 bits per heavy atom. The number of anilines is 2. The Morgan fingerprint density at radius 1 is 0.903 bits per heavy atom. The Bertz CT molecular complexity index is 1210. The van der Waals surface area contributed by atoms with Crippen LogP contribution in [0.2, 0.25) is 10.0 Å². The van der Waals surface area contributed by atoms with Crippen LogP contribution in [0.25, 0.3) is 5.57 Å². The number of hydrogen-bond acceptors (Lipinski definition) is 3. The molecule has 0 saturated carbocycles. The van der Waals surface area contributed by atoms with Crippen molar-refractivity contribution in [3.8, 4) is 0 Å². The zero-order valence-electron chi connectivity index (χ0n) is 16.5. The highest BCUT2D eigenvalue weighted by atomic mass is 35.5. The van der Waals surface area contributed by atoms with Crippen LogP contribution in [-0.2, 0) is 9.59 Å². The average molecular weight is 455 g/mol. The van der Waals surface area contributed by atoms with E-state index in [1.165, 1.54) is 24.3 Å². The lowest BCUT2D eigenvalue weighted by atomic mass is 10.0. The van der Waals surface area contributed by atoms with Crippen LogP contribution in [0.1, 0.15) is 12.5 Å². The van der Waals surface area contributed by atoms with Gasteiger partial charge in [0.05, 0.1) is 16.3 Å². The molecule has 3 aromatic carbocycles. The van der Waals surface area contributed by atoms with Gasteiger partial charge >= 0.3 is 0 Å². The van der Waals surface area contributed by atoms with Gasteiger partial charge in [0.2, 0.25) is 0 Å². The van der Waals surface area contributed by atoms with Gasteiger partial charge in [0, 0.05) is 22.8 Å². The number of carbonyl (C=O) groups excluding carboxylic acids is 2. The second-order valence-electron chi connectivity index (χ2n) is 6.82. The van der Waals surface area contributed by atoms with Crippen molar-refractivity contribution in [3.63, 3.8) is 0 Å². The van der Waals surface area contributed by atoms with Crippen LogP contribution in [0.15, 0.2) is 78.5 Å². The van der Waals surface area contributed by atoms with Gasteiger partial charge in [0.15, 0.2) is 0 Å². The molecule has 4 nitrogen and oxygen atoms in total. The van der Waals surface area contributed by atoms with E-state index in [1.807, 2.05) is 37.3 Å². The fraction of sp³-hybridized carbons (Fsp3) is 0.0833. The van der Waals surface area contributed by atoms with Crippen LogP contribution >= 0.6 is 23.2 Å². The Labute approximate surface area is 189 Å². The molecule has 0 N–H and O–H groups in total. The van der Waals surface area contributed by atoms with Crippen LogP contribution in [0.5, 0.6) is 0 Å². The maximum atomic E-state index is 14.6. The molecule has 4 rings (SSSR count). The summed E-state index contributed by atoms with van der Waals surface area (Å²) in [6, 6.07) is 19.6. The summed E-state index contributed by atoms with van der Waals surface area (Å²) in [5.74, 6) is -1.94. The second-order valence-corrected chi connectivity index (χ2v) is 7.67. The number of hydrogen-bond donors (Lipinski definition) is 0. The fourth-order valence-corrected chi connectivity index (χ4v) is 4.14. The highest BCUT2D eigenvalue weighted by Gasteiger charge is 2.44. The molecule has 1 heterocycles. The second kappa shape index (κ2) is 8.53. The normalized spacial score (nSPS) is 13.9. The van der Waals surface area contributed by atoms with Gasteiger partial charge in [-0.1, -0.05) is 59.6 Å². The summed E-state index contributed by atoms with van der Waals surface area (Å²) < 4.78 is 14.6. The quantitative estimate of drug-likeness (QED) is 0.447. The summed E-state index contributed by atoms with van der Waals surface area (Å²) >= 11 is 12.4. The van der Waals surface area contributed by atoms with Crippen LogP contribution in [-0.4, -0.2) is 18.4 Å². The molecule has 0 saturated heterocycles. The molecule has 0 fully saturated rings. The molecule has 3 aromatic rings. The SMILES string of the molecule is CCN(C1=C(c2ccc(Cl)cc2Cl)C(=O)N(c2ccccc2F)C1=O)c1ccccc1.